The topological polar surface area (TPSA) is 76.2 Å². The van der Waals surface area contributed by atoms with Crippen LogP contribution in [-0.4, -0.2) is 85.4 Å². The number of amides is 2. The van der Waals surface area contributed by atoms with Gasteiger partial charge < -0.3 is 29.3 Å². The number of urea groups is 1. The number of rotatable bonds is 6. The highest BCUT2D eigenvalue weighted by molar-refractivity contribution is 8.00. The van der Waals surface area contributed by atoms with Crippen LogP contribution in [0.5, 0.6) is 5.88 Å². The maximum Gasteiger partial charge on any atom is 0.442 e. The Labute approximate surface area is 230 Å². The van der Waals surface area contributed by atoms with Gasteiger partial charge in [0.15, 0.2) is 0 Å². The van der Waals surface area contributed by atoms with Gasteiger partial charge in [-0.2, -0.15) is 13.2 Å². The van der Waals surface area contributed by atoms with E-state index in [9.17, 15) is 18.0 Å². The number of morpholine rings is 1. The number of hydrogen-bond acceptors (Lipinski definition) is 7. The second-order valence-electron chi connectivity index (χ2n) is 9.96. The first-order valence-corrected chi connectivity index (χ1v) is 14.1. The standard InChI is InChI=1S/C27H33F3N4O4S/c1-18-2-3-20(32-26(35)34-7-4-22(17-34)39-27(28,29)30)15-23(18)19-14-24(33-8-12-37-13-9-33)25(31-16-19)38-21-5-10-36-11-6-21/h2-3,14-16,21-22H,4-13,17H2,1H3,(H,32,35)/t22-/m0/s1. The number of anilines is 2. The van der Waals surface area contributed by atoms with Crippen LogP contribution in [0.2, 0.25) is 0 Å². The summed E-state index contributed by atoms with van der Waals surface area (Å²) in [6.45, 7) is 6.40. The molecule has 1 aromatic heterocycles. The zero-order valence-corrected chi connectivity index (χ0v) is 22.7. The second kappa shape index (κ2) is 12.2. The number of nitrogens with zero attached hydrogens (tertiary/aromatic N) is 3. The van der Waals surface area contributed by atoms with Gasteiger partial charge in [-0.05, 0) is 54.4 Å². The van der Waals surface area contributed by atoms with Crippen LogP contribution in [0.3, 0.4) is 0 Å². The molecule has 1 atom stereocenters. The molecule has 212 valence electrons. The summed E-state index contributed by atoms with van der Waals surface area (Å²) in [5, 5.41) is 2.22. The van der Waals surface area contributed by atoms with Crippen molar-refractivity contribution in [2.45, 2.75) is 43.0 Å². The fourth-order valence-corrected chi connectivity index (χ4v) is 5.93. The molecule has 3 saturated heterocycles. The number of carbonyl (C=O) groups excluding carboxylic acids is 1. The van der Waals surface area contributed by atoms with Gasteiger partial charge in [-0.1, -0.05) is 6.07 Å². The fraction of sp³-hybridized carbons (Fsp3) is 0.556. The van der Waals surface area contributed by atoms with Crippen LogP contribution in [-0.2, 0) is 9.47 Å². The molecular weight excluding hydrogens is 533 g/mol. The van der Waals surface area contributed by atoms with Gasteiger partial charge in [-0.3, -0.25) is 0 Å². The number of thioether (sulfide) groups is 1. The lowest BCUT2D eigenvalue weighted by molar-refractivity contribution is -0.0333. The predicted octanol–water partition coefficient (Wildman–Crippen LogP) is 5.31. The summed E-state index contributed by atoms with van der Waals surface area (Å²) in [6, 6.07) is 7.26. The summed E-state index contributed by atoms with van der Waals surface area (Å²) < 4.78 is 55.5. The third-order valence-corrected chi connectivity index (χ3v) is 8.15. The molecule has 0 saturated carbocycles. The number of alkyl halides is 3. The molecule has 0 aliphatic carbocycles. The Morgan fingerprint density at radius 2 is 1.82 bits per heavy atom. The molecule has 1 aromatic carbocycles. The Morgan fingerprint density at radius 1 is 1.08 bits per heavy atom. The lowest BCUT2D eigenvalue weighted by Crippen LogP contribution is -2.37. The zero-order chi connectivity index (χ0) is 27.4. The number of nitrogens with one attached hydrogen (secondary N) is 1. The van der Waals surface area contributed by atoms with Crippen molar-refractivity contribution >= 4 is 29.2 Å². The van der Waals surface area contributed by atoms with Crippen molar-refractivity contribution in [1.29, 1.82) is 0 Å². The zero-order valence-electron chi connectivity index (χ0n) is 21.8. The quantitative estimate of drug-likeness (QED) is 0.508. The highest BCUT2D eigenvalue weighted by Gasteiger charge is 2.37. The molecule has 0 unspecified atom stereocenters. The molecule has 3 fully saturated rings. The van der Waals surface area contributed by atoms with Crippen LogP contribution in [0.4, 0.5) is 29.3 Å². The molecule has 0 bridgehead atoms. The Morgan fingerprint density at radius 3 is 2.56 bits per heavy atom. The predicted molar refractivity (Wildman–Crippen MR) is 145 cm³/mol. The molecule has 1 N–H and O–H groups in total. The Bertz CT molecular complexity index is 1160. The third-order valence-electron chi connectivity index (χ3n) is 7.16. The summed E-state index contributed by atoms with van der Waals surface area (Å²) in [4.78, 5) is 21.2. The van der Waals surface area contributed by atoms with E-state index in [1.807, 2.05) is 19.1 Å². The molecule has 39 heavy (non-hydrogen) atoms. The summed E-state index contributed by atoms with van der Waals surface area (Å²) in [5.74, 6) is 0.593. The normalized spacial score (nSPS) is 20.8. The van der Waals surface area contributed by atoms with Crippen molar-refractivity contribution in [3.8, 4) is 17.0 Å². The number of aromatic nitrogens is 1. The second-order valence-corrected chi connectivity index (χ2v) is 11.3. The van der Waals surface area contributed by atoms with Crippen molar-refractivity contribution in [3.05, 3.63) is 36.0 Å². The first-order chi connectivity index (χ1) is 18.7. The van der Waals surface area contributed by atoms with E-state index in [2.05, 4.69) is 16.3 Å². The fourth-order valence-electron chi connectivity index (χ4n) is 5.07. The van der Waals surface area contributed by atoms with E-state index >= 15 is 0 Å². The minimum atomic E-state index is -4.30. The Balaban J connectivity index is 1.34. The van der Waals surface area contributed by atoms with Crippen molar-refractivity contribution in [1.82, 2.24) is 9.88 Å². The minimum Gasteiger partial charge on any atom is -0.473 e. The first kappa shape index (κ1) is 27.9. The van der Waals surface area contributed by atoms with Crippen molar-refractivity contribution in [2.75, 3.05) is 62.8 Å². The number of aryl methyl sites for hydroxylation is 1. The number of pyridine rings is 1. The largest absolute Gasteiger partial charge is 0.473 e. The van der Waals surface area contributed by atoms with E-state index in [4.69, 9.17) is 19.2 Å². The number of halogens is 3. The van der Waals surface area contributed by atoms with E-state index in [1.54, 1.807) is 12.3 Å². The number of ether oxygens (including phenoxy) is 3. The van der Waals surface area contributed by atoms with Gasteiger partial charge >= 0.3 is 11.5 Å². The number of likely N-dealkylation sites (tertiary alicyclic amines) is 1. The van der Waals surface area contributed by atoms with Gasteiger partial charge in [0, 0.05) is 61.7 Å². The summed E-state index contributed by atoms with van der Waals surface area (Å²) in [5.41, 5.74) is -0.0395. The Kier molecular flexibility index (Phi) is 8.73. The van der Waals surface area contributed by atoms with Gasteiger partial charge in [0.25, 0.3) is 0 Å². The molecule has 8 nitrogen and oxygen atoms in total. The molecule has 2 amide bonds. The van der Waals surface area contributed by atoms with Crippen LogP contribution in [0.15, 0.2) is 30.5 Å². The molecule has 0 radical (unpaired) electrons. The highest BCUT2D eigenvalue weighted by atomic mass is 32.2. The monoisotopic (exact) mass is 566 g/mol. The number of carbonyl (C=O) groups is 1. The van der Waals surface area contributed by atoms with Crippen LogP contribution < -0.4 is 15.0 Å². The van der Waals surface area contributed by atoms with Crippen molar-refractivity contribution < 1.29 is 32.2 Å². The van der Waals surface area contributed by atoms with E-state index < -0.39 is 16.8 Å². The van der Waals surface area contributed by atoms with Crippen LogP contribution >= 0.6 is 11.8 Å². The molecule has 12 heteroatoms. The lowest BCUT2D eigenvalue weighted by atomic mass is 10.0. The van der Waals surface area contributed by atoms with Gasteiger partial charge in [0.2, 0.25) is 5.88 Å². The van der Waals surface area contributed by atoms with Crippen LogP contribution in [0.25, 0.3) is 11.1 Å². The van der Waals surface area contributed by atoms with Gasteiger partial charge in [0.05, 0.1) is 26.4 Å². The first-order valence-electron chi connectivity index (χ1n) is 13.2. The van der Waals surface area contributed by atoms with Crippen molar-refractivity contribution in [3.63, 3.8) is 0 Å². The minimum absolute atomic E-state index is 0.0385. The Hall–Kier alpha value is -2.70. The third kappa shape index (κ3) is 7.29. The highest BCUT2D eigenvalue weighted by Crippen LogP contribution is 2.38. The maximum absolute atomic E-state index is 12.8. The summed E-state index contributed by atoms with van der Waals surface area (Å²) in [6.07, 6.45) is 3.79. The SMILES string of the molecule is Cc1ccc(NC(=O)N2CC[C@H](SC(F)(F)F)C2)cc1-c1cnc(OC2CCOCC2)c(N2CCOCC2)c1. The maximum atomic E-state index is 12.8. The van der Waals surface area contributed by atoms with Crippen molar-refractivity contribution in [2.24, 2.45) is 0 Å². The van der Waals surface area contributed by atoms with E-state index in [0.717, 1.165) is 48.3 Å². The molecule has 3 aliphatic rings. The van der Waals surface area contributed by atoms with Crippen LogP contribution in [0, 0.1) is 6.92 Å². The average molecular weight is 567 g/mol. The molecular formula is C27H33F3N4O4S. The summed E-state index contributed by atoms with van der Waals surface area (Å²) >= 11 is -0.0385. The lowest BCUT2D eigenvalue weighted by Gasteiger charge is -2.31. The smallest absolute Gasteiger partial charge is 0.442 e. The van der Waals surface area contributed by atoms with Crippen LogP contribution in [0.1, 0.15) is 24.8 Å². The molecule has 5 rings (SSSR count). The van der Waals surface area contributed by atoms with Gasteiger partial charge in [0.1, 0.15) is 11.8 Å². The number of hydrogen-bond donors (Lipinski definition) is 1. The van der Waals surface area contributed by atoms with E-state index in [-0.39, 0.29) is 24.4 Å². The molecule has 2 aromatic rings. The summed E-state index contributed by atoms with van der Waals surface area (Å²) in [7, 11) is 0. The average Bonchev–Trinajstić information content (AvgIpc) is 3.38. The van der Waals surface area contributed by atoms with E-state index in [0.29, 0.717) is 51.0 Å². The number of benzene rings is 1. The molecule has 0 spiro atoms. The molecule has 4 heterocycles. The van der Waals surface area contributed by atoms with E-state index in [1.165, 1.54) is 4.90 Å². The van der Waals surface area contributed by atoms with Gasteiger partial charge in [-0.25, -0.2) is 9.78 Å². The molecule has 3 aliphatic heterocycles. The van der Waals surface area contributed by atoms with Gasteiger partial charge in [-0.15, -0.1) is 0 Å².